The van der Waals surface area contributed by atoms with Gasteiger partial charge in [0, 0.05) is 26.2 Å². The van der Waals surface area contributed by atoms with Gasteiger partial charge < -0.3 is 19.3 Å². The van der Waals surface area contributed by atoms with Crippen LogP contribution in [0.5, 0.6) is 11.5 Å². The Morgan fingerprint density at radius 3 is 2.50 bits per heavy atom. The van der Waals surface area contributed by atoms with E-state index in [1.165, 1.54) is 0 Å². The fraction of sp³-hybridized carbons (Fsp3) is 0.280. The molecule has 5 rings (SSSR count). The number of anilines is 1. The van der Waals surface area contributed by atoms with E-state index in [4.69, 9.17) is 14.5 Å². The molecule has 1 amide bonds. The number of piperazine rings is 1. The lowest BCUT2D eigenvalue weighted by molar-refractivity contribution is -0.133. The number of fused-ring (bicyclic) bond motifs is 2. The molecule has 2 heterocycles. The summed E-state index contributed by atoms with van der Waals surface area (Å²) < 4.78 is 12.5. The van der Waals surface area contributed by atoms with Crippen LogP contribution in [0, 0.1) is 0 Å². The zero-order chi connectivity index (χ0) is 21.9. The molecule has 32 heavy (non-hydrogen) atoms. The monoisotopic (exact) mass is 447 g/mol. The number of hydrogen-bond acceptors (Lipinski definition) is 6. The summed E-state index contributed by atoms with van der Waals surface area (Å²) in [5.74, 6) is 1.61. The van der Waals surface area contributed by atoms with Gasteiger partial charge in [-0.15, -0.1) is 0 Å². The molecule has 0 aliphatic carbocycles. The molecule has 0 N–H and O–H groups in total. The summed E-state index contributed by atoms with van der Waals surface area (Å²) in [6, 6.07) is 20.0. The van der Waals surface area contributed by atoms with Crippen LogP contribution in [0.3, 0.4) is 0 Å². The Morgan fingerprint density at radius 2 is 1.69 bits per heavy atom. The smallest absolute Gasteiger partial charge is 0.260 e. The number of benzene rings is 3. The lowest BCUT2D eigenvalue weighted by Crippen LogP contribution is -2.50. The molecule has 6 nitrogen and oxygen atoms in total. The van der Waals surface area contributed by atoms with Crippen molar-refractivity contribution >= 4 is 43.4 Å². The van der Waals surface area contributed by atoms with Gasteiger partial charge >= 0.3 is 0 Å². The summed E-state index contributed by atoms with van der Waals surface area (Å²) in [5.41, 5.74) is 0.982. The Labute approximate surface area is 191 Å². The summed E-state index contributed by atoms with van der Waals surface area (Å²) in [4.78, 5) is 21.6. The first-order chi connectivity index (χ1) is 15.7. The van der Waals surface area contributed by atoms with Crippen LogP contribution in [0.4, 0.5) is 5.13 Å². The number of hydrogen-bond donors (Lipinski definition) is 0. The first-order valence-corrected chi connectivity index (χ1v) is 11.7. The van der Waals surface area contributed by atoms with Gasteiger partial charge in [-0.25, -0.2) is 4.98 Å². The first kappa shape index (κ1) is 20.6. The molecule has 1 aliphatic rings. The van der Waals surface area contributed by atoms with Gasteiger partial charge in [-0.1, -0.05) is 41.7 Å². The third-order valence-electron chi connectivity index (χ3n) is 5.65. The number of carbonyl (C=O) groups excluding carboxylic acids is 1. The molecule has 0 radical (unpaired) electrons. The number of thiazole rings is 1. The van der Waals surface area contributed by atoms with E-state index < -0.39 is 0 Å². The van der Waals surface area contributed by atoms with Gasteiger partial charge in [-0.05, 0) is 48.0 Å². The molecule has 0 unspecified atom stereocenters. The minimum absolute atomic E-state index is 0.0171. The van der Waals surface area contributed by atoms with Gasteiger partial charge in [0.15, 0.2) is 11.7 Å². The second-order valence-corrected chi connectivity index (χ2v) is 8.73. The summed E-state index contributed by atoms with van der Waals surface area (Å²) in [5, 5.41) is 3.26. The number of carbonyl (C=O) groups is 1. The summed E-state index contributed by atoms with van der Waals surface area (Å²) >= 11 is 1.67. The Balaban J connectivity index is 1.17. The molecular weight excluding hydrogens is 422 g/mol. The van der Waals surface area contributed by atoms with Crippen molar-refractivity contribution < 1.29 is 14.3 Å². The molecule has 1 saturated heterocycles. The number of nitrogens with zero attached hydrogens (tertiary/aromatic N) is 3. The maximum absolute atomic E-state index is 12.7. The Bertz CT molecular complexity index is 1250. The fourth-order valence-electron chi connectivity index (χ4n) is 3.93. The van der Waals surface area contributed by atoms with E-state index in [1.54, 1.807) is 11.3 Å². The van der Waals surface area contributed by atoms with Gasteiger partial charge in [0.25, 0.3) is 5.91 Å². The predicted molar refractivity (Wildman–Crippen MR) is 129 cm³/mol. The van der Waals surface area contributed by atoms with Crippen molar-refractivity contribution in [1.82, 2.24) is 9.88 Å². The maximum Gasteiger partial charge on any atom is 0.260 e. The Hall–Kier alpha value is -3.32. The van der Waals surface area contributed by atoms with Gasteiger partial charge in [0.05, 0.1) is 16.8 Å². The standard InChI is InChI=1S/C25H25N3O3S/c1-2-30-21-9-10-22-23(16-21)32-25(26-22)28-13-11-27(12-14-28)24(29)17-31-20-8-7-18-5-3-4-6-19(18)15-20/h3-10,15-16H,2,11-14,17H2,1H3. The summed E-state index contributed by atoms with van der Waals surface area (Å²) in [7, 11) is 0. The molecule has 1 aliphatic heterocycles. The van der Waals surface area contributed by atoms with Gasteiger partial charge in [0.2, 0.25) is 0 Å². The highest BCUT2D eigenvalue weighted by atomic mass is 32.1. The molecular formula is C25H25N3O3S. The van der Waals surface area contributed by atoms with E-state index >= 15 is 0 Å². The van der Waals surface area contributed by atoms with Crippen molar-refractivity contribution in [2.75, 3.05) is 44.3 Å². The van der Waals surface area contributed by atoms with Crippen LogP contribution in [0.25, 0.3) is 21.0 Å². The van der Waals surface area contributed by atoms with Crippen LogP contribution >= 0.6 is 11.3 Å². The zero-order valence-electron chi connectivity index (χ0n) is 18.0. The van der Waals surface area contributed by atoms with Crippen molar-refractivity contribution in [3.05, 3.63) is 60.7 Å². The Morgan fingerprint density at radius 1 is 0.938 bits per heavy atom. The second kappa shape index (κ2) is 9.04. The topological polar surface area (TPSA) is 54.9 Å². The van der Waals surface area contributed by atoms with Gasteiger partial charge in [-0.3, -0.25) is 4.79 Å². The molecule has 0 spiro atoms. The van der Waals surface area contributed by atoms with Crippen molar-refractivity contribution in [2.24, 2.45) is 0 Å². The van der Waals surface area contributed by atoms with Crippen molar-refractivity contribution in [3.8, 4) is 11.5 Å². The SMILES string of the molecule is CCOc1ccc2nc(N3CCN(C(=O)COc4ccc5ccccc5c4)CC3)sc2c1. The number of rotatable bonds is 6. The molecule has 164 valence electrons. The number of ether oxygens (including phenoxy) is 2. The molecule has 7 heteroatoms. The molecule has 3 aromatic carbocycles. The average molecular weight is 448 g/mol. The second-order valence-electron chi connectivity index (χ2n) is 7.72. The summed E-state index contributed by atoms with van der Waals surface area (Å²) in [6.07, 6.45) is 0. The lowest BCUT2D eigenvalue weighted by atomic mass is 10.1. The van der Waals surface area contributed by atoms with Gasteiger partial charge in [0.1, 0.15) is 11.5 Å². The van der Waals surface area contributed by atoms with Crippen LogP contribution in [0.2, 0.25) is 0 Å². The average Bonchev–Trinajstić information content (AvgIpc) is 3.26. The Kier molecular flexibility index (Phi) is 5.81. The van der Waals surface area contributed by atoms with E-state index in [0.29, 0.717) is 19.7 Å². The predicted octanol–water partition coefficient (Wildman–Crippen LogP) is 4.58. The van der Waals surface area contributed by atoms with Crippen LogP contribution in [0.15, 0.2) is 60.7 Å². The highest BCUT2D eigenvalue weighted by Crippen LogP contribution is 2.32. The van der Waals surface area contributed by atoms with Crippen LogP contribution in [-0.2, 0) is 4.79 Å². The van der Waals surface area contributed by atoms with Gasteiger partial charge in [-0.2, -0.15) is 0 Å². The fourth-order valence-corrected chi connectivity index (χ4v) is 4.97. The molecule has 4 aromatic rings. The third-order valence-corrected chi connectivity index (χ3v) is 6.72. The highest BCUT2D eigenvalue weighted by Gasteiger charge is 2.23. The normalized spacial score (nSPS) is 14.2. The van der Waals surface area contributed by atoms with Crippen molar-refractivity contribution in [2.45, 2.75) is 6.92 Å². The van der Waals surface area contributed by atoms with E-state index in [1.807, 2.05) is 66.4 Å². The summed E-state index contributed by atoms with van der Waals surface area (Å²) in [6.45, 7) is 5.55. The first-order valence-electron chi connectivity index (χ1n) is 10.9. The van der Waals surface area contributed by atoms with E-state index in [-0.39, 0.29) is 12.5 Å². The number of aromatic nitrogens is 1. The highest BCUT2D eigenvalue weighted by molar-refractivity contribution is 7.22. The third kappa shape index (κ3) is 4.34. The molecule has 1 fully saturated rings. The van der Waals surface area contributed by atoms with Crippen molar-refractivity contribution in [1.29, 1.82) is 0 Å². The van der Waals surface area contributed by atoms with Crippen LogP contribution in [0.1, 0.15) is 6.92 Å². The molecule has 0 saturated carbocycles. The zero-order valence-corrected chi connectivity index (χ0v) is 18.8. The maximum atomic E-state index is 12.7. The molecule has 1 aromatic heterocycles. The number of amides is 1. The van der Waals surface area contributed by atoms with E-state index in [2.05, 4.69) is 11.0 Å². The minimum atomic E-state index is 0.0171. The van der Waals surface area contributed by atoms with Crippen LogP contribution < -0.4 is 14.4 Å². The quantitative estimate of drug-likeness (QED) is 0.433. The largest absolute Gasteiger partial charge is 0.494 e. The molecule has 0 bridgehead atoms. The van der Waals surface area contributed by atoms with E-state index in [9.17, 15) is 4.79 Å². The lowest BCUT2D eigenvalue weighted by Gasteiger charge is -2.34. The van der Waals surface area contributed by atoms with Crippen molar-refractivity contribution in [3.63, 3.8) is 0 Å². The van der Waals surface area contributed by atoms with Crippen LogP contribution in [-0.4, -0.2) is 55.2 Å². The minimum Gasteiger partial charge on any atom is -0.494 e. The van der Waals surface area contributed by atoms with E-state index in [0.717, 1.165) is 50.7 Å². The molecule has 0 atom stereocenters.